The van der Waals surface area contributed by atoms with Gasteiger partial charge in [0.05, 0.1) is 18.5 Å². The average molecular weight is 289 g/mol. The summed E-state index contributed by atoms with van der Waals surface area (Å²) in [4.78, 5) is 11.1. The van der Waals surface area contributed by atoms with Crippen molar-refractivity contribution in [3.05, 3.63) is 52.8 Å². The third kappa shape index (κ3) is 3.90. The molecule has 2 aromatic rings. The molecule has 21 heavy (non-hydrogen) atoms. The van der Waals surface area contributed by atoms with Crippen LogP contribution in [0.2, 0.25) is 0 Å². The summed E-state index contributed by atoms with van der Waals surface area (Å²) >= 11 is 0. The molecular weight excluding hydrogens is 270 g/mol. The fourth-order valence-corrected chi connectivity index (χ4v) is 2.17. The van der Waals surface area contributed by atoms with E-state index in [-0.39, 0.29) is 5.56 Å². The smallest absolute Gasteiger partial charge is 0.339 e. The van der Waals surface area contributed by atoms with Crippen molar-refractivity contribution in [3.63, 3.8) is 0 Å². The standard InChI is InChI=1S/C15H19N3O3/c1-18-14(13(8-17-18)15(19)20)9-16-7-11-4-3-5-12(6-11)10-21-2/h3-6,8,16H,7,9-10H2,1-2H3,(H,19,20). The van der Waals surface area contributed by atoms with Gasteiger partial charge in [0.1, 0.15) is 5.56 Å². The first-order valence-corrected chi connectivity index (χ1v) is 6.63. The van der Waals surface area contributed by atoms with Crippen molar-refractivity contribution in [2.45, 2.75) is 19.7 Å². The third-order valence-corrected chi connectivity index (χ3v) is 3.22. The predicted octanol–water partition coefficient (Wildman–Crippen LogP) is 1.55. The average Bonchev–Trinajstić information content (AvgIpc) is 2.81. The van der Waals surface area contributed by atoms with Gasteiger partial charge in [0.2, 0.25) is 0 Å². The summed E-state index contributed by atoms with van der Waals surface area (Å²) in [6.45, 7) is 1.69. The van der Waals surface area contributed by atoms with Crippen LogP contribution in [0.25, 0.3) is 0 Å². The van der Waals surface area contributed by atoms with Crippen LogP contribution in [0.15, 0.2) is 30.5 Å². The topological polar surface area (TPSA) is 76.4 Å². The molecule has 2 N–H and O–H groups in total. The number of carboxylic acid groups (broad SMARTS) is 1. The predicted molar refractivity (Wildman–Crippen MR) is 77.9 cm³/mol. The number of rotatable bonds is 7. The minimum atomic E-state index is -0.956. The van der Waals surface area contributed by atoms with Gasteiger partial charge in [0.25, 0.3) is 0 Å². The summed E-state index contributed by atoms with van der Waals surface area (Å²) in [5, 5.41) is 16.3. The van der Waals surface area contributed by atoms with Gasteiger partial charge >= 0.3 is 5.97 Å². The molecule has 1 heterocycles. The quantitative estimate of drug-likeness (QED) is 0.809. The molecule has 0 amide bonds. The van der Waals surface area contributed by atoms with E-state index < -0.39 is 5.97 Å². The van der Waals surface area contributed by atoms with Gasteiger partial charge in [0, 0.05) is 27.2 Å². The highest BCUT2D eigenvalue weighted by molar-refractivity contribution is 5.88. The van der Waals surface area contributed by atoms with Crippen LogP contribution in [-0.2, 0) is 31.5 Å². The molecule has 0 bridgehead atoms. The minimum Gasteiger partial charge on any atom is -0.478 e. The number of carboxylic acids is 1. The minimum absolute atomic E-state index is 0.234. The molecule has 2 rings (SSSR count). The van der Waals surface area contributed by atoms with E-state index in [1.807, 2.05) is 18.2 Å². The summed E-state index contributed by atoms with van der Waals surface area (Å²) in [7, 11) is 3.41. The number of benzene rings is 1. The normalized spacial score (nSPS) is 10.8. The number of methoxy groups -OCH3 is 1. The van der Waals surface area contributed by atoms with Crippen molar-refractivity contribution in [2.24, 2.45) is 7.05 Å². The number of hydrogen-bond donors (Lipinski definition) is 2. The molecule has 1 aromatic carbocycles. The van der Waals surface area contributed by atoms with Crippen LogP contribution in [-0.4, -0.2) is 28.0 Å². The number of aromatic carboxylic acids is 1. The molecule has 0 fully saturated rings. The van der Waals surface area contributed by atoms with Gasteiger partial charge in [-0.15, -0.1) is 0 Å². The Kier molecular flexibility index (Phi) is 5.08. The van der Waals surface area contributed by atoms with Crippen molar-refractivity contribution in [3.8, 4) is 0 Å². The van der Waals surface area contributed by atoms with Gasteiger partial charge in [-0.3, -0.25) is 4.68 Å². The zero-order valence-electron chi connectivity index (χ0n) is 12.2. The van der Waals surface area contributed by atoms with E-state index in [1.165, 1.54) is 6.20 Å². The van der Waals surface area contributed by atoms with Gasteiger partial charge < -0.3 is 15.2 Å². The highest BCUT2D eigenvalue weighted by Crippen LogP contribution is 2.09. The van der Waals surface area contributed by atoms with Crippen molar-refractivity contribution in [2.75, 3.05) is 7.11 Å². The van der Waals surface area contributed by atoms with Crippen molar-refractivity contribution < 1.29 is 14.6 Å². The molecule has 0 saturated carbocycles. The molecule has 1 aromatic heterocycles. The lowest BCUT2D eigenvalue weighted by Gasteiger charge is -2.08. The summed E-state index contributed by atoms with van der Waals surface area (Å²) in [5.41, 5.74) is 3.14. The van der Waals surface area contributed by atoms with E-state index in [4.69, 9.17) is 9.84 Å². The summed E-state index contributed by atoms with van der Waals surface area (Å²) in [6.07, 6.45) is 1.37. The molecule has 0 radical (unpaired) electrons. The largest absolute Gasteiger partial charge is 0.478 e. The van der Waals surface area contributed by atoms with Crippen molar-refractivity contribution in [1.29, 1.82) is 0 Å². The molecular formula is C15H19N3O3. The lowest BCUT2D eigenvalue weighted by atomic mass is 10.1. The fourth-order valence-electron chi connectivity index (χ4n) is 2.17. The van der Waals surface area contributed by atoms with Crippen LogP contribution in [0, 0.1) is 0 Å². The zero-order valence-corrected chi connectivity index (χ0v) is 12.2. The number of nitrogens with one attached hydrogen (secondary N) is 1. The Morgan fingerprint density at radius 1 is 1.38 bits per heavy atom. The number of aryl methyl sites for hydroxylation is 1. The first-order chi connectivity index (χ1) is 10.1. The van der Waals surface area contributed by atoms with Crippen LogP contribution in [0.3, 0.4) is 0 Å². The fraction of sp³-hybridized carbons (Fsp3) is 0.333. The van der Waals surface area contributed by atoms with E-state index in [2.05, 4.69) is 16.5 Å². The third-order valence-electron chi connectivity index (χ3n) is 3.22. The maximum atomic E-state index is 11.1. The van der Waals surface area contributed by atoms with E-state index in [1.54, 1.807) is 18.8 Å². The molecule has 112 valence electrons. The maximum absolute atomic E-state index is 11.1. The lowest BCUT2D eigenvalue weighted by Crippen LogP contribution is -2.17. The highest BCUT2D eigenvalue weighted by atomic mass is 16.5. The Morgan fingerprint density at radius 3 is 2.86 bits per heavy atom. The van der Waals surface area contributed by atoms with Crippen LogP contribution >= 0.6 is 0 Å². The van der Waals surface area contributed by atoms with E-state index in [0.29, 0.717) is 25.4 Å². The second kappa shape index (κ2) is 7.01. The Bertz CT molecular complexity index is 622. The Hall–Kier alpha value is -2.18. The Labute approximate surface area is 123 Å². The molecule has 0 saturated heterocycles. The van der Waals surface area contributed by atoms with Gasteiger partial charge in [-0.25, -0.2) is 4.79 Å². The van der Waals surface area contributed by atoms with Gasteiger partial charge in [-0.05, 0) is 11.1 Å². The van der Waals surface area contributed by atoms with E-state index in [0.717, 1.165) is 11.1 Å². The molecule has 0 aliphatic heterocycles. The lowest BCUT2D eigenvalue weighted by molar-refractivity contribution is 0.0695. The number of carbonyl (C=O) groups is 1. The van der Waals surface area contributed by atoms with E-state index in [9.17, 15) is 4.79 Å². The number of nitrogens with zero attached hydrogens (tertiary/aromatic N) is 2. The van der Waals surface area contributed by atoms with Gasteiger partial charge in [0.15, 0.2) is 0 Å². The Balaban J connectivity index is 1.97. The molecule has 0 atom stereocenters. The second-order valence-electron chi connectivity index (χ2n) is 4.79. The molecule has 6 nitrogen and oxygen atoms in total. The molecule has 0 spiro atoms. The SMILES string of the molecule is COCc1cccc(CNCc2c(C(=O)O)cnn2C)c1. The van der Waals surface area contributed by atoms with Crippen LogP contribution < -0.4 is 5.32 Å². The van der Waals surface area contributed by atoms with E-state index >= 15 is 0 Å². The molecule has 6 heteroatoms. The number of ether oxygens (including phenoxy) is 1. The van der Waals surface area contributed by atoms with Crippen LogP contribution in [0.1, 0.15) is 27.2 Å². The Morgan fingerprint density at radius 2 is 2.14 bits per heavy atom. The van der Waals surface area contributed by atoms with Crippen molar-refractivity contribution in [1.82, 2.24) is 15.1 Å². The number of hydrogen-bond acceptors (Lipinski definition) is 4. The van der Waals surface area contributed by atoms with Crippen LogP contribution in [0.4, 0.5) is 0 Å². The number of aromatic nitrogens is 2. The summed E-state index contributed by atoms with van der Waals surface area (Å²) < 4.78 is 6.69. The summed E-state index contributed by atoms with van der Waals surface area (Å²) in [5.74, 6) is -0.956. The van der Waals surface area contributed by atoms with Gasteiger partial charge in [-0.1, -0.05) is 24.3 Å². The maximum Gasteiger partial charge on any atom is 0.339 e. The first-order valence-electron chi connectivity index (χ1n) is 6.63. The first kappa shape index (κ1) is 15.2. The highest BCUT2D eigenvalue weighted by Gasteiger charge is 2.14. The molecule has 0 aliphatic carbocycles. The van der Waals surface area contributed by atoms with Crippen LogP contribution in [0.5, 0.6) is 0 Å². The van der Waals surface area contributed by atoms with Crippen molar-refractivity contribution >= 4 is 5.97 Å². The molecule has 0 aliphatic rings. The zero-order chi connectivity index (χ0) is 15.2. The second-order valence-corrected chi connectivity index (χ2v) is 4.79. The summed E-state index contributed by atoms with van der Waals surface area (Å²) in [6, 6.07) is 8.08. The molecule has 0 unspecified atom stereocenters. The monoisotopic (exact) mass is 289 g/mol. The van der Waals surface area contributed by atoms with Gasteiger partial charge in [-0.2, -0.15) is 5.10 Å².